The average Bonchev–Trinajstić information content (AvgIpc) is 3.40. The van der Waals surface area contributed by atoms with E-state index < -0.39 is 35.1 Å². The second-order valence-corrected chi connectivity index (χ2v) is 10.8. The van der Waals surface area contributed by atoms with Gasteiger partial charge in [-0.15, -0.1) is 0 Å². The SMILES string of the molecule is CCCNC(=O)[C@@H]1[C@H]2C(=O)N([C@@H](CO)[C@@H](C)CC)C(C(=O)Nc3ccc(Cl)cc3)C23CC[C@@]1(C)O3. The first-order valence-electron chi connectivity index (χ1n) is 12.6. The molecule has 3 N–H and O–H groups in total. The molecular weight excluding hydrogens is 470 g/mol. The monoisotopic (exact) mass is 505 g/mol. The van der Waals surface area contributed by atoms with Crippen LogP contribution in [0.5, 0.6) is 0 Å². The van der Waals surface area contributed by atoms with Crippen LogP contribution in [0, 0.1) is 17.8 Å². The Kier molecular flexibility index (Phi) is 7.19. The Morgan fingerprint density at radius 2 is 1.91 bits per heavy atom. The summed E-state index contributed by atoms with van der Waals surface area (Å²) in [5, 5.41) is 16.8. The number of aliphatic hydroxyl groups is 1. The number of benzene rings is 1. The number of amides is 3. The quantitative estimate of drug-likeness (QED) is 0.478. The van der Waals surface area contributed by atoms with Crippen LogP contribution in [0.15, 0.2) is 24.3 Å². The van der Waals surface area contributed by atoms with E-state index in [9.17, 15) is 19.5 Å². The van der Waals surface area contributed by atoms with Gasteiger partial charge in [-0.25, -0.2) is 0 Å². The predicted octanol–water partition coefficient (Wildman–Crippen LogP) is 2.98. The molecule has 0 radical (unpaired) electrons. The molecule has 3 aliphatic rings. The molecule has 3 aliphatic heterocycles. The third-order valence-electron chi connectivity index (χ3n) is 8.25. The highest BCUT2D eigenvalue weighted by molar-refractivity contribution is 6.30. The molecule has 7 atom stereocenters. The van der Waals surface area contributed by atoms with Gasteiger partial charge in [-0.05, 0) is 56.4 Å². The summed E-state index contributed by atoms with van der Waals surface area (Å²) in [6, 6.07) is 5.22. The van der Waals surface area contributed by atoms with Gasteiger partial charge in [-0.1, -0.05) is 38.8 Å². The van der Waals surface area contributed by atoms with E-state index in [1.165, 1.54) is 4.90 Å². The van der Waals surface area contributed by atoms with Crippen molar-refractivity contribution in [3.63, 3.8) is 0 Å². The number of likely N-dealkylation sites (tertiary alicyclic amines) is 1. The number of ether oxygens (including phenoxy) is 1. The third kappa shape index (κ3) is 4.13. The Hall–Kier alpha value is -2.16. The first kappa shape index (κ1) is 25.9. The highest BCUT2D eigenvalue weighted by atomic mass is 35.5. The minimum absolute atomic E-state index is 0.0508. The fraction of sp³-hybridized carbons (Fsp3) is 0.654. The molecule has 2 unspecified atom stereocenters. The van der Waals surface area contributed by atoms with E-state index in [1.54, 1.807) is 24.3 Å². The molecule has 9 heteroatoms. The standard InChI is InChI=1S/C26H36ClN3O5/c1-5-13-28-22(32)19-20-24(34)30(18(14-31)15(3)6-2)21(26(20)12-11-25(19,4)35-26)23(33)29-17-9-7-16(27)8-10-17/h7-10,15,18-21,31H,5-6,11-14H2,1-4H3,(H,28,32)(H,29,33)/t15-,18-,19-,20-,21?,25+,26?/m0/s1. The van der Waals surface area contributed by atoms with E-state index >= 15 is 0 Å². The summed E-state index contributed by atoms with van der Waals surface area (Å²) in [5.74, 6) is -2.41. The molecule has 192 valence electrons. The number of fused-ring (bicyclic) bond motifs is 1. The lowest BCUT2D eigenvalue weighted by Crippen LogP contribution is -2.57. The average molecular weight is 506 g/mol. The number of hydrogen-bond donors (Lipinski definition) is 3. The molecule has 0 aliphatic carbocycles. The summed E-state index contributed by atoms with van der Waals surface area (Å²) < 4.78 is 6.60. The maximum Gasteiger partial charge on any atom is 0.250 e. The van der Waals surface area contributed by atoms with Gasteiger partial charge >= 0.3 is 0 Å². The van der Waals surface area contributed by atoms with Crippen LogP contribution in [0.3, 0.4) is 0 Å². The fourth-order valence-corrected chi connectivity index (χ4v) is 6.46. The van der Waals surface area contributed by atoms with Crippen molar-refractivity contribution in [1.82, 2.24) is 10.2 Å². The predicted molar refractivity (Wildman–Crippen MR) is 133 cm³/mol. The molecule has 1 aromatic rings. The zero-order valence-corrected chi connectivity index (χ0v) is 21.6. The Morgan fingerprint density at radius 1 is 1.23 bits per heavy atom. The van der Waals surface area contributed by atoms with Crippen molar-refractivity contribution in [2.24, 2.45) is 17.8 Å². The second-order valence-electron chi connectivity index (χ2n) is 10.4. The molecule has 3 amide bonds. The number of rotatable bonds is 9. The number of halogens is 1. The largest absolute Gasteiger partial charge is 0.394 e. The minimum Gasteiger partial charge on any atom is -0.394 e. The molecule has 0 aromatic heterocycles. The van der Waals surface area contributed by atoms with Crippen molar-refractivity contribution >= 4 is 35.0 Å². The summed E-state index contributed by atoms with van der Waals surface area (Å²) in [5.41, 5.74) is -1.40. The van der Waals surface area contributed by atoms with Gasteiger partial charge < -0.3 is 25.4 Å². The lowest BCUT2D eigenvalue weighted by atomic mass is 9.66. The molecule has 3 fully saturated rings. The van der Waals surface area contributed by atoms with Crippen molar-refractivity contribution in [2.45, 2.75) is 76.7 Å². The van der Waals surface area contributed by atoms with Crippen LogP contribution in [-0.2, 0) is 19.1 Å². The van der Waals surface area contributed by atoms with Gasteiger partial charge in [-0.3, -0.25) is 14.4 Å². The first-order valence-corrected chi connectivity index (χ1v) is 13.0. The zero-order valence-electron chi connectivity index (χ0n) is 20.8. The van der Waals surface area contributed by atoms with Crippen LogP contribution < -0.4 is 10.6 Å². The maximum absolute atomic E-state index is 14.1. The van der Waals surface area contributed by atoms with Crippen LogP contribution in [0.4, 0.5) is 5.69 Å². The Balaban J connectivity index is 1.77. The van der Waals surface area contributed by atoms with Crippen LogP contribution in [0.25, 0.3) is 0 Å². The van der Waals surface area contributed by atoms with Crippen LogP contribution in [0.1, 0.15) is 53.4 Å². The van der Waals surface area contributed by atoms with Gasteiger partial charge in [0.25, 0.3) is 0 Å². The van der Waals surface area contributed by atoms with Crippen LogP contribution in [0.2, 0.25) is 5.02 Å². The van der Waals surface area contributed by atoms with Gasteiger partial charge in [0, 0.05) is 17.3 Å². The lowest BCUT2D eigenvalue weighted by Gasteiger charge is -2.39. The summed E-state index contributed by atoms with van der Waals surface area (Å²) in [6.07, 6.45) is 2.56. The lowest BCUT2D eigenvalue weighted by molar-refractivity contribution is -0.149. The van der Waals surface area contributed by atoms with E-state index in [-0.39, 0.29) is 30.2 Å². The van der Waals surface area contributed by atoms with Crippen molar-refractivity contribution in [3.05, 3.63) is 29.3 Å². The Bertz CT molecular complexity index is 988. The number of carbonyl (C=O) groups is 3. The third-order valence-corrected chi connectivity index (χ3v) is 8.50. The highest BCUT2D eigenvalue weighted by Gasteiger charge is 2.78. The molecule has 35 heavy (non-hydrogen) atoms. The number of anilines is 1. The van der Waals surface area contributed by atoms with Gasteiger partial charge in [0.2, 0.25) is 17.7 Å². The molecule has 3 saturated heterocycles. The van der Waals surface area contributed by atoms with Gasteiger partial charge in [0.1, 0.15) is 11.6 Å². The summed E-state index contributed by atoms with van der Waals surface area (Å²) >= 11 is 6.00. The number of aliphatic hydroxyl groups excluding tert-OH is 1. The molecule has 4 rings (SSSR count). The first-order chi connectivity index (χ1) is 16.6. The van der Waals surface area contributed by atoms with Crippen molar-refractivity contribution < 1.29 is 24.2 Å². The topological polar surface area (TPSA) is 108 Å². The summed E-state index contributed by atoms with van der Waals surface area (Å²) in [4.78, 5) is 42.8. The van der Waals surface area contributed by atoms with Gasteiger partial charge in [0.05, 0.1) is 30.1 Å². The fourth-order valence-electron chi connectivity index (χ4n) is 6.34. The van der Waals surface area contributed by atoms with E-state index in [4.69, 9.17) is 16.3 Å². The minimum atomic E-state index is -1.13. The van der Waals surface area contributed by atoms with E-state index in [1.807, 2.05) is 27.7 Å². The van der Waals surface area contributed by atoms with Crippen molar-refractivity contribution in [2.75, 3.05) is 18.5 Å². The number of nitrogens with zero attached hydrogens (tertiary/aromatic N) is 1. The smallest absolute Gasteiger partial charge is 0.250 e. The highest BCUT2D eigenvalue weighted by Crippen LogP contribution is 2.63. The molecule has 3 heterocycles. The number of carbonyl (C=O) groups excluding carboxylic acids is 3. The molecule has 8 nitrogen and oxygen atoms in total. The summed E-state index contributed by atoms with van der Waals surface area (Å²) in [6.45, 7) is 8.02. The normalized spacial score (nSPS) is 32.9. The Morgan fingerprint density at radius 3 is 2.51 bits per heavy atom. The Labute approximate surface area is 211 Å². The van der Waals surface area contributed by atoms with E-state index in [0.29, 0.717) is 30.1 Å². The molecule has 1 spiro atoms. The van der Waals surface area contributed by atoms with Crippen LogP contribution >= 0.6 is 11.6 Å². The second kappa shape index (κ2) is 9.71. The van der Waals surface area contributed by atoms with Crippen molar-refractivity contribution in [1.29, 1.82) is 0 Å². The molecule has 1 aromatic carbocycles. The molecule has 2 bridgehead atoms. The molecular formula is C26H36ClN3O5. The summed E-state index contributed by atoms with van der Waals surface area (Å²) in [7, 11) is 0. The van der Waals surface area contributed by atoms with Crippen LogP contribution in [-0.4, -0.2) is 64.2 Å². The van der Waals surface area contributed by atoms with E-state index in [2.05, 4.69) is 10.6 Å². The molecule has 0 saturated carbocycles. The zero-order chi connectivity index (χ0) is 25.5. The maximum atomic E-state index is 14.1. The van der Waals surface area contributed by atoms with E-state index in [0.717, 1.165) is 12.8 Å². The van der Waals surface area contributed by atoms with Crippen molar-refractivity contribution in [3.8, 4) is 0 Å². The number of nitrogens with one attached hydrogen (secondary N) is 2. The van der Waals surface area contributed by atoms with Gasteiger partial charge in [-0.2, -0.15) is 0 Å². The number of hydrogen-bond acceptors (Lipinski definition) is 5. The van der Waals surface area contributed by atoms with Gasteiger partial charge in [0.15, 0.2) is 0 Å².